The van der Waals surface area contributed by atoms with Gasteiger partial charge in [-0.3, -0.25) is 0 Å². The van der Waals surface area contributed by atoms with Crippen LogP contribution < -0.4 is 5.73 Å². The number of nitrogens with two attached hydrogens (primary N) is 1. The molecule has 2 rings (SSSR count). The summed E-state index contributed by atoms with van der Waals surface area (Å²) in [6.07, 6.45) is 0. The average molecular weight is 291 g/mol. The van der Waals surface area contributed by atoms with Gasteiger partial charge in [-0.05, 0) is 35.9 Å². The van der Waals surface area contributed by atoms with E-state index in [1.165, 1.54) is 31.0 Å². The number of hydrogen-bond donors (Lipinski definition) is 1. The molecule has 0 aliphatic heterocycles. The number of thioether (sulfide) groups is 1. The number of methoxy groups -OCH3 is 1. The van der Waals surface area contributed by atoms with Gasteiger partial charge in [0.15, 0.2) is 0 Å². The molecule has 3 nitrogen and oxygen atoms in total. The van der Waals surface area contributed by atoms with Crippen LogP contribution in [0.1, 0.15) is 15.9 Å². The van der Waals surface area contributed by atoms with Crippen LogP contribution in [0, 0.1) is 5.82 Å². The Labute approximate surface area is 120 Å². The van der Waals surface area contributed by atoms with Crippen LogP contribution in [0.15, 0.2) is 47.4 Å². The molecule has 0 heterocycles. The van der Waals surface area contributed by atoms with Crippen LogP contribution in [0.4, 0.5) is 10.1 Å². The Morgan fingerprint density at radius 3 is 2.60 bits per heavy atom. The van der Waals surface area contributed by atoms with Crippen molar-refractivity contribution in [2.24, 2.45) is 0 Å². The molecule has 0 atom stereocenters. The summed E-state index contributed by atoms with van der Waals surface area (Å²) in [5.74, 6) is -0.0175. The van der Waals surface area contributed by atoms with Gasteiger partial charge in [0.1, 0.15) is 5.82 Å². The molecular formula is C15H14FNO2S. The average Bonchev–Trinajstić information content (AvgIpc) is 2.48. The van der Waals surface area contributed by atoms with E-state index in [1.54, 1.807) is 18.2 Å². The minimum Gasteiger partial charge on any atom is -0.465 e. The van der Waals surface area contributed by atoms with Gasteiger partial charge in [0.05, 0.1) is 12.7 Å². The second-order valence-corrected chi connectivity index (χ2v) is 5.18. The predicted octanol–water partition coefficient (Wildman–Crippen LogP) is 3.49. The van der Waals surface area contributed by atoms with E-state index in [0.29, 0.717) is 21.9 Å². The maximum absolute atomic E-state index is 13.1. The van der Waals surface area contributed by atoms with Gasteiger partial charge in [-0.2, -0.15) is 0 Å². The van der Waals surface area contributed by atoms with E-state index in [-0.39, 0.29) is 11.8 Å². The SMILES string of the molecule is COC(=O)c1ccc(CSc2cc(F)ccc2N)cc1. The summed E-state index contributed by atoms with van der Waals surface area (Å²) in [5.41, 5.74) is 7.87. The van der Waals surface area contributed by atoms with Crippen LogP contribution in [0.3, 0.4) is 0 Å². The smallest absolute Gasteiger partial charge is 0.337 e. The van der Waals surface area contributed by atoms with Crippen molar-refractivity contribution in [3.63, 3.8) is 0 Å². The molecule has 104 valence electrons. The zero-order valence-electron chi connectivity index (χ0n) is 10.9. The highest BCUT2D eigenvalue weighted by Gasteiger charge is 2.06. The first-order valence-electron chi connectivity index (χ1n) is 5.95. The van der Waals surface area contributed by atoms with Gasteiger partial charge in [0.25, 0.3) is 0 Å². The first-order chi connectivity index (χ1) is 9.60. The van der Waals surface area contributed by atoms with Crippen LogP contribution in [0.25, 0.3) is 0 Å². The third kappa shape index (κ3) is 3.51. The van der Waals surface area contributed by atoms with Crippen LogP contribution in [0.5, 0.6) is 0 Å². The van der Waals surface area contributed by atoms with Crippen molar-refractivity contribution < 1.29 is 13.9 Å². The molecule has 0 bridgehead atoms. The minimum absolute atomic E-state index is 0.303. The maximum Gasteiger partial charge on any atom is 0.337 e. The zero-order valence-corrected chi connectivity index (χ0v) is 11.7. The third-order valence-electron chi connectivity index (χ3n) is 2.74. The summed E-state index contributed by atoms with van der Waals surface area (Å²) in [6, 6.07) is 11.4. The molecule has 2 aromatic carbocycles. The largest absolute Gasteiger partial charge is 0.465 e. The lowest BCUT2D eigenvalue weighted by molar-refractivity contribution is 0.0600. The number of hydrogen-bond acceptors (Lipinski definition) is 4. The van der Waals surface area contributed by atoms with E-state index in [2.05, 4.69) is 4.74 Å². The summed E-state index contributed by atoms with van der Waals surface area (Å²) in [6.45, 7) is 0. The van der Waals surface area contributed by atoms with Crippen molar-refractivity contribution in [2.45, 2.75) is 10.6 Å². The number of halogens is 1. The molecule has 2 aromatic rings. The lowest BCUT2D eigenvalue weighted by atomic mass is 10.1. The van der Waals surface area contributed by atoms with Gasteiger partial charge in [0.2, 0.25) is 0 Å². The molecule has 5 heteroatoms. The molecule has 0 spiro atoms. The van der Waals surface area contributed by atoms with E-state index in [9.17, 15) is 9.18 Å². The first-order valence-corrected chi connectivity index (χ1v) is 6.94. The number of rotatable bonds is 4. The molecule has 0 saturated heterocycles. The first kappa shape index (κ1) is 14.4. The number of carbonyl (C=O) groups excluding carboxylic acids is 1. The fourth-order valence-corrected chi connectivity index (χ4v) is 2.59. The minimum atomic E-state index is -0.362. The van der Waals surface area contributed by atoms with E-state index < -0.39 is 0 Å². The standard InChI is InChI=1S/C15H14FNO2S/c1-19-15(18)11-4-2-10(3-5-11)9-20-14-8-12(16)6-7-13(14)17/h2-8H,9,17H2,1H3. The van der Waals surface area contributed by atoms with Crippen molar-refractivity contribution in [1.29, 1.82) is 0 Å². The van der Waals surface area contributed by atoms with E-state index in [1.807, 2.05) is 12.1 Å². The second kappa shape index (κ2) is 6.43. The topological polar surface area (TPSA) is 52.3 Å². The van der Waals surface area contributed by atoms with Gasteiger partial charge in [-0.25, -0.2) is 9.18 Å². The summed E-state index contributed by atoms with van der Waals surface area (Å²) < 4.78 is 17.8. The molecule has 2 N–H and O–H groups in total. The van der Waals surface area contributed by atoms with E-state index >= 15 is 0 Å². The van der Waals surface area contributed by atoms with Gasteiger partial charge >= 0.3 is 5.97 Å². The Kier molecular flexibility index (Phi) is 4.63. The molecule has 0 aliphatic rings. The van der Waals surface area contributed by atoms with Gasteiger partial charge in [-0.15, -0.1) is 11.8 Å². The monoisotopic (exact) mass is 291 g/mol. The number of carbonyl (C=O) groups is 1. The van der Waals surface area contributed by atoms with Gasteiger partial charge in [-0.1, -0.05) is 12.1 Å². The zero-order chi connectivity index (χ0) is 14.5. The van der Waals surface area contributed by atoms with Crippen molar-refractivity contribution in [1.82, 2.24) is 0 Å². The number of ether oxygens (including phenoxy) is 1. The lowest BCUT2D eigenvalue weighted by Crippen LogP contribution is -2.00. The summed E-state index contributed by atoms with van der Waals surface area (Å²) in [5, 5.41) is 0. The number of benzene rings is 2. The third-order valence-corrected chi connectivity index (χ3v) is 3.89. The van der Waals surface area contributed by atoms with Crippen LogP contribution in [0.2, 0.25) is 0 Å². The maximum atomic E-state index is 13.1. The summed E-state index contributed by atoms with van der Waals surface area (Å²) in [7, 11) is 1.35. The molecule has 0 amide bonds. The second-order valence-electron chi connectivity index (χ2n) is 4.16. The number of esters is 1. The normalized spacial score (nSPS) is 10.3. The van der Waals surface area contributed by atoms with Crippen molar-refractivity contribution in [2.75, 3.05) is 12.8 Å². The fourth-order valence-electron chi connectivity index (χ4n) is 1.65. The van der Waals surface area contributed by atoms with E-state index in [0.717, 1.165) is 5.56 Å². The molecule has 0 saturated carbocycles. The van der Waals surface area contributed by atoms with Crippen molar-refractivity contribution in [3.8, 4) is 0 Å². The Morgan fingerprint density at radius 1 is 1.25 bits per heavy atom. The highest BCUT2D eigenvalue weighted by Crippen LogP contribution is 2.28. The Morgan fingerprint density at radius 2 is 1.95 bits per heavy atom. The van der Waals surface area contributed by atoms with Crippen LogP contribution in [-0.4, -0.2) is 13.1 Å². The predicted molar refractivity (Wildman–Crippen MR) is 78.2 cm³/mol. The van der Waals surface area contributed by atoms with Crippen molar-refractivity contribution in [3.05, 3.63) is 59.4 Å². The molecule has 0 aliphatic carbocycles. The van der Waals surface area contributed by atoms with Gasteiger partial charge < -0.3 is 10.5 Å². The Hall–Kier alpha value is -2.01. The highest BCUT2D eigenvalue weighted by atomic mass is 32.2. The summed E-state index contributed by atoms with van der Waals surface area (Å²) in [4.78, 5) is 12.0. The molecule has 0 unspecified atom stereocenters. The molecular weight excluding hydrogens is 277 g/mol. The fraction of sp³-hybridized carbons (Fsp3) is 0.133. The lowest BCUT2D eigenvalue weighted by Gasteiger charge is -2.06. The Bertz CT molecular complexity index is 614. The molecule has 0 fully saturated rings. The van der Waals surface area contributed by atoms with Crippen LogP contribution in [-0.2, 0) is 10.5 Å². The van der Waals surface area contributed by atoms with Gasteiger partial charge in [0, 0.05) is 16.3 Å². The van der Waals surface area contributed by atoms with Crippen molar-refractivity contribution >= 4 is 23.4 Å². The van der Waals surface area contributed by atoms with Crippen LogP contribution >= 0.6 is 11.8 Å². The number of nitrogen functional groups attached to an aromatic ring is 1. The summed E-state index contributed by atoms with van der Waals surface area (Å²) >= 11 is 1.45. The Balaban J connectivity index is 2.04. The molecule has 0 aromatic heterocycles. The molecule has 20 heavy (non-hydrogen) atoms. The highest BCUT2D eigenvalue weighted by molar-refractivity contribution is 7.98. The van der Waals surface area contributed by atoms with E-state index in [4.69, 9.17) is 5.73 Å². The number of anilines is 1. The molecule has 0 radical (unpaired) electrons. The quantitative estimate of drug-likeness (QED) is 0.532.